The summed E-state index contributed by atoms with van der Waals surface area (Å²) in [6, 6.07) is 5.25. The average Bonchev–Trinajstić information content (AvgIpc) is 2.99. The van der Waals surface area contributed by atoms with Crippen molar-refractivity contribution in [1.29, 1.82) is 0 Å². The zero-order valence-electron chi connectivity index (χ0n) is 16.8. The zero-order chi connectivity index (χ0) is 20.6. The van der Waals surface area contributed by atoms with Crippen molar-refractivity contribution < 1.29 is 18.8 Å². The van der Waals surface area contributed by atoms with Gasteiger partial charge in [-0.2, -0.15) is 0 Å². The molecule has 156 valence electrons. The van der Waals surface area contributed by atoms with Crippen molar-refractivity contribution in [2.75, 3.05) is 13.1 Å². The highest BCUT2D eigenvalue weighted by Gasteiger charge is 2.52. The number of urea groups is 1. The molecule has 2 saturated heterocycles. The van der Waals surface area contributed by atoms with Gasteiger partial charge in [0.1, 0.15) is 17.9 Å². The summed E-state index contributed by atoms with van der Waals surface area (Å²) in [6.45, 7) is 2.25. The molecule has 0 radical (unpaired) electrons. The van der Waals surface area contributed by atoms with Gasteiger partial charge in [0.25, 0.3) is 5.91 Å². The molecule has 4 rings (SSSR count). The fourth-order valence-corrected chi connectivity index (χ4v) is 5.30. The maximum Gasteiger partial charge on any atom is 0.325 e. The molecule has 2 aliphatic heterocycles. The first-order chi connectivity index (χ1) is 14.0. The second kappa shape index (κ2) is 7.76. The van der Waals surface area contributed by atoms with Crippen LogP contribution in [0.3, 0.4) is 0 Å². The Kier molecular flexibility index (Phi) is 5.32. The largest absolute Gasteiger partial charge is 0.338 e. The summed E-state index contributed by atoms with van der Waals surface area (Å²) in [4.78, 5) is 41.9. The van der Waals surface area contributed by atoms with E-state index >= 15 is 0 Å². The smallest absolute Gasteiger partial charge is 0.325 e. The molecule has 7 heteroatoms. The Hall–Kier alpha value is -2.44. The van der Waals surface area contributed by atoms with Gasteiger partial charge in [0, 0.05) is 12.6 Å². The number of piperidine rings is 1. The highest BCUT2D eigenvalue weighted by Crippen LogP contribution is 2.36. The number of nitrogens with one attached hydrogen (secondary N) is 1. The molecule has 1 N–H and O–H groups in total. The number of likely N-dealkylation sites (tertiary alicyclic amines) is 1. The summed E-state index contributed by atoms with van der Waals surface area (Å²) in [7, 11) is 0. The van der Waals surface area contributed by atoms with Crippen LogP contribution in [0.1, 0.15) is 57.4 Å². The van der Waals surface area contributed by atoms with Gasteiger partial charge in [0.2, 0.25) is 5.91 Å². The lowest BCUT2D eigenvalue weighted by molar-refractivity contribution is -0.143. The lowest BCUT2D eigenvalue weighted by Crippen LogP contribution is -2.53. The fraction of sp³-hybridized carbons (Fsp3) is 0.591. The van der Waals surface area contributed by atoms with Crippen LogP contribution in [-0.2, 0) is 15.1 Å². The Morgan fingerprint density at radius 3 is 2.55 bits per heavy atom. The van der Waals surface area contributed by atoms with Gasteiger partial charge in [-0.05, 0) is 55.7 Å². The maximum atomic E-state index is 13.3. The maximum absolute atomic E-state index is 13.3. The second-order valence-corrected chi connectivity index (χ2v) is 8.43. The summed E-state index contributed by atoms with van der Waals surface area (Å²) in [5.74, 6) is -0.465. The van der Waals surface area contributed by atoms with Crippen LogP contribution < -0.4 is 5.32 Å². The van der Waals surface area contributed by atoms with Gasteiger partial charge in [-0.15, -0.1) is 0 Å². The minimum Gasteiger partial charge on any atom is -0.338 e. The van der Waals surface area contributed by atoms with E-state index in [2.05, 4.69) is 5.32 Å². The van der Waals surface area contributed by atoms with Crippen molar-refractivity contribution in [3.63, 3.8) is 0 Å². The number of fused-ring (bicyclic) bond motifs is 1. The lowest BCUT2D eigenvalue weighted by atomic mass is 9.78. The molecule has 1 aromatic carbocycles. The molecule has 0 spiro atoms. The topological polar surface area (TPSA) is 69.7 Å². The van der Waals surface area contributed by atoms with Gasteiger partial charge in [0.15, 0.2) is 0 Å². The van der Waals surface area contributed by atoms with Gasteiger partial charge in [0.05, 0.1) is 0 Å². The Bertz CT molecular complexity index is 810. The molecule has 4 amide bonds. The van der Waals surface area contributed by atoms with E-state index in [0.29, 0.717) is 24.4 Å². The summed E-state index contributed by atoms with van der Waals surface area (Å²) < 4.78 is 13.3. The first-order valence-electron chi connectivity index (χ1n) is 10.7. The number of carbonyl (C=O) groups excluding carboxylic acids is 3. The number of imide groups is 1. The molecule has 3 unspecified atom stereocenters. The van der Waals surface area contributed by atoms with Crippen LogP contribution in [0.2, 0.25) is 0 Å². The second-order valence-electron chi connectivity index (χ2n) is 8.43. The third kappa shape index (κ3) is 3.40. The number of amides is 4. The van der Waals surface area contributed by atoms with E-state index in [-0.39, 0.29) is 18.5 Å². The normalized spacial score (nSPS) is 29.6. The molecule has 6 nitrogen and oxygen atoms in total. The SMILES string of the molecule is CCC1(c2ccc(F)cc2)NC(=O)N(CC(=O)N2CCCC3CCCCC32)C1=O. The molecule has 3 fully saturated rings. The number of carbonyl (C=O) groups is 3. The summed E-state index contributed by atoms with van der Waals surface area (Å²) in [5.41, 5.74) is -0.722. The third-order valence-corrected chi connectivity index (χ3v) is 6.90. The highest BCUT2D eigenvalue weighted by molar-refractivity contribution is 6.09. The highest BCUT2D eigenvalue weighted by atomic mass is 19.1. The van der Waals surface area contributed by atoms with Crippen molar-refractivity contribution in [1.82, 2.24) is 15.1 Å². The Morgan fingerprint density at radius 2 is 1.83 bits per heavy atom. The minimum atomic E-state index is -1.25. The third-order valence-electron chi connectivity index (χ3n) is 6.90. The van der Waals surface area contributed by atoms with Crippen LogP contribution >= 0.6 is 0 Å². The van der Waals surface area contributed by atoms with E-state index in [1.807, 2.05) is 4.90 Å². The fourth-order valence-electron chi connectivity index (χ4n) is 5.30. The van der Waals surface area contributed by atoms with Crippen LogP contribution in [0.4, 0.5) is 9.18 Å². The van der Waals surface area contributed by atoms with Crippen LogP contribution in [0, 0.1) is 11.7 Å². The number of benzene rings is 1. The van der Waals surface area contributed by atoms with E-state index in [4.69, 9.17) is 0 Å². The Morgan fingerprint density at radius 1 is 1.14 bits per heavy atom. The van der Waals surface area contributed by atoms with Gasteiger partial charge in [-0.1, -0.05) is 31.9 Å². The van der Waals surface area contributed by atoms with Crippen LogP contribution in [-0.4, -0.2) is 46.8 Å². The van der Waals surface area contributed by atoms with Crippen molar-refractivity contribution in [3.8, 4) is 0 Å². The number of halogens is 1. The Labute approximate surface area is 170 Å². The van der Waals surface area contributed by atoms with Crippen molar-refractivity contribution >= 4 is 17.8 Å². The first kappa shape index (κ1) is 19.9. The van der Waals surface area contributed by atoms with Crippen LogP contribution in [0.15, 0.2) is 24.3 Å². The Balaban J connectivity index is 1.53. The molecule has 0 bridgehead atoms. The summed E-state index contributed by atoms with van der Waals surface area (Å²) >= 11 is 0. The number of nitrogens with zero attached hydrogens (tertiary/aromatic N) is 2. The average molecular weight is 401 g/mol. The zero-order valence-corrected chi connectivity index (χ0v) is 16.8. The predicted octanol–water partition coefficient (Wildman–Crippen LogP) is 3.16. The van der Waals surface area contributed by atoms with Crippen molar-refractivity contribution in [2.45, 2.75) is 63.5 Å². The van der Waals surface area contributed by atoms with Crippen molar-refractivity contribution in [3.05, 3.63) is 35.6 Å². The molecule has 2 heterocycles. The molecular formula is C22H28FN3O3. The quantitative estimate of drug-likeness (QED) is 0.788. The van der Waals surface area contributed by atoms with E-state index in [9.17, 15) is 18.8 Å². The predicted molar refractivity (Wildman–Crippen MR) is 105 cm³/mol. The molecule has 29 heavy (non-hydrogen) atoms. The van der Waals surface area contributed by atoms with Gasteiger partial charge in [-0.3, -0.25) is 14.5 Å². The molecule has 1 aromatic rings. The summed E-state index contributed by atoms with van der Waals surface area (Å²) in [6.07, 6.45) is 6.95. The van der Waals surface area contributed by atoms with E-state index < -0.39 is 23.3 Å². The molecule has 3 aliphatic rings. The molecule has 0 aromatic heterocycles. The van der Waals surface area contributed by atoms with Gasteiger partial charge in [-0.25, -0.2) is 9.18 Å². The standard InChI is InChI=1S/C22H28FN3O3/c1-2-22(16-9-11-17(23)12-10-16)20(28)26(21(29)24-22)14-19(27)25-13-5-7-15-6-3-4-8-18(15)25/h9-12,15,18H,2-8,13-14H2,1H3,(H,24,29). The van der Waals surface area contributed by atoms with Gasteiger partial charge >= 0.3 is 6.03 Å². The molecular weight excluding hydrogens is 373 g/mol. The molecule has 1 saturated carbocycles. The monoisotopic (exact) mass is 401 g/mol. The number of hydrogen-bond acceptors (Lipinski definition) is 3. The van der Waals surface area contributed by atoms with E-state index in [0.717, 1.165) is 37.0 Å². The number of rotatable bonds is 4. The van der Waals surface area contributed by atoms with Crippen LogP contribution in [0.25, 0.3) is 0 Å². The van der Waals surface area contributed by atoms with E-state index in [1.54, 1.807) is 6.92 Å². The van der Waals surface area contributed by atoms with Gasteiger partial charge < -0.3 is 10.2 Å². The lowest BCUT2D eigenvalue weighted by Gasteiger charge is -2.44. The molecule has 1 aliphatic carbocycles. The minimum absolute atomic E-state index is 0.156. The van der Waals surface area contributed by atoms with Crippen LogP contribution in [0.5, 0.6) is 0 Å². The molecule has 3 atom stereocenters. The number of hydrogen-bond donors (Lipinski definition) is 1. The van der Waals surface area contributed by atoms with E-state index in [1.165, 1.54) is 30.7 Å². The van der Waals surface area contributed by atoms with Crippen molar-refractivity contribution in [2.24, 2.45) is 5.92 Å². The first-order valence-corrected chi connectivity index (χ1v) is 10.7. The summed E-state index contributed by atoms with van der Waals surface area (Å²) in [5, 5.41) is 2.76.